The fraction of sp³-hybridized carbons (Fsp3) is 0.409. The molecular formula is C22H27NO4. The Hall–Kier alpha value is -2.69. The van der Waals surface area contributed by atoms with Crippen LogP contribution in [0.5, 0.6) is 17.2 Å². The number of amides is 1. The summed E-state index contributed by atoms with van der Waals surface area (Å²) in [6.45, 7) is 0.602. The summed E-state index contributed by atoms with van der Waals surface area (Å²) in [4.78, 5) is 12.4. The highest BCUT2D eigenvalue weighted by atomic mass is 16.5. The Morgan fingerprint density at radius 2 is 1.74 bits per heavy atom. The van der Waals surface area contributed by atoms with Gasteiger partial charge in [-0.1, -0.05) is 18.2 Å². The summed E-state index contributed by atoms with van der Waals surface area (Å²) in [5.41, 5.74) is 3.55. The fourth-order valence-corrected chi connectivity index (χ4v) is 3.77. The van der Waals surface area contributed by atoms with E-state index in [1.54, 1.807) is 21.3 Å². The SMILES string of the molecule is COc1ccccc1CCNC(=O)CC1CCc2cc(OC)c(OC)cc21. The number of benzene rings is 2. The van der Waals surface area contributed by atoms with Crippen molar-refractivity contribution in [2.75, 3.05) is 27.9 Å². The first-order chi connectivity index (χ1) is 13.2. The molecule has 5 nitrogen and oxygen atoms in total. The van der Waals surface area contributed by atoms with Crippen LogP contribution < -0.4 is 19.5 Å². The van der Waals surface area contributed by atoms with Crippen molar-refractivity contribution in [3.8, 4) is 17.2 Å². The van der Waals surface area contributed by atoms with Gasteiger partial charge < -0.3 is 19.5 Å². The lowest BCUT2D eigenvalue weighted by Crippen LogP contribution is -2.27. The van der Waals surface area contributed by atoms with Crippen LogP contribution in [0.25, 0.3) is 0 Å². The van der Waals surface area contributed by atoms with Crippen LogP contribution in [0.15, 0.2) is 36.4 Å². The molecule has 1 atom stereocenters. The van der Waals surface area contributed by atoms with Crippen molar-refractivity contribution >= 4 is 5.91 Å². The summed E-state index contributed by atoms with van der Waals surface area (Å²) in [5, 5.41) is 3.04. The zero-order valence-electron chi connectivity index (χ0n) is 16.2. The second kappa shape index (κ2) is 8.80. The predicted molar refractivity (Wildman–Crippen MR) is 105 cm³/mol. The quantitative estimate of drug-likeness (QED) is 0.774. The van der Waals surface area contributed by atoms with E-state index in [0.717, 1.165) is 42.1 Å². The summed E-state index contributed by atoms with van der Waals surface area (Å²) in [7, 11) is 4.95. The van der Waals surface area contributed by atoms with Crippen LogP contribution in [0.4, 0.5) is 0 Å². The topological polar surface area (TPSA) is 56.8 Å². The van der Waals surface area contributed by atoms with Crippen molar-refractivity contribution in [3.63, 3.8) is 0 Å². The Labute approximate surface area is 160 Å². The minimum atomic E-state index is 0.0810. The summed E-state index contributed by atoms with van der Waals surface area (Å²) >= 11 is 0. The lowest BCUT2D eigenvalue weighted by molar-refractivity contribution is -0.121. The molecule has 1 aliphatic rings. The number of fused-ring (bicyclic) bond motifs is 1. The number of rotatable bonds is 8. The van der Waals surface area contributed by atoms with Gasteiger partial charge in [-0.05, 0) is 60.1 Å². The van der Waals surface area contributed by atoms with Crippen LogP contribution in [0.3, 0.4) is 0 Å². The van der Waals surface area contributed by atoms with Crippen molar-refractivity contribution in [3.05, 3.63) is 53.1 Å². The number of methoxy groups -OCH3 is 3. The third-order valence-electron chi connectivity index (χ3n) is 5.19. The summed E-state index contributed by atoms with van der Waals surface area (Å²) in [5.74, 6) is 2.64. The van der Waals surface area contributed by atoms with Crippen molar-refractivity contribution in [1.29, 1.82) is 0 Å². The van der Waals surface area contributed by atoms with Crippen LogP contribution in [-0.2, 0) is 17.6 Å². The summed E-state index contributed by atoms with van der Waals surface area (Å²) in [6.07, 6.45) is 3.19. The van der Waals surface area contributed by atoms with Gasteiger partial charge >= 0.3 is 0 Å². The molecule has 27 heavy (non-hydrogen) atoms. The molecular weight excluding hydrogens is 342 g/mol. The fourth-order valence-electron chi connectivity index (χ4n) is 3.77. The predicted octanol–water partition coefficient (Wildman–Crippen LogP) is 3.49. The van der Waals surface area contributed by atoms with Gasteiger partial charge in [-0.15, -0.1) is 0 Å². The molecule has 0 saturated carbocycles. The highest BCUT2D eigenvalue weighted by molar-refractivity contribution is 5.77. The smallest absolute Gasteiger partial charge is 0.220 e. The Morgan fingerprint density at radius 1 is 1.04 bits per heavy atom. The van der Waals surface area contributed by atoms with E-state index >= 15 is 0 Å². The minimum absolute atomic E-state index is 0.0810. The second-order valence-corrected chi connectivity index (χ2v) is 6.76. The molecule has 1 aliphatic carbocycles. The van der Waals surface area contributed by atoms with E-state index in [4.69, 9.17) is 14.2 Å². The molecule has 0 aromatic heterocycles. The number of nitrogens with one attached hydrogen (secondary N) is 1. The van der Waals surface area contributed by atoms with E-state index in [-0.39, 0.29) is 11.8 Å². The molecule has 2 aromatic carbocycles. The minimum Gasteiger partial charge on any atom is -0.496 e. The summed E-state index contributed by atoms with van der Waals surface area (Å²) < 4.78 is 16.1. The van der Waals surface area contributed by atoms with Crippen molar-refractivity contribution in [1.82, 2.24) is 5.32 Å². The molecule has 0 saturated heterocycles. The van der Waals surface area contributed by atoms with Crippen LogP contribution in [0, 0.1) is 0 Å². The first-order valence-corrected chi connectivity index (χ1v) is 9.29. The molecule has 1 N–H and O–H groups in total. The first-order valence-electron chi connectivity index (χ1n) is 9.29. The zero-order valence-corrected chi connectivity index (χ0v) is 16.2. The van der Waals surface area contributed by atoms with E-state index in [9.17, 15) is 4.79 Å². The molecule has 0 heterocycles. The van der Waals surface area contributed by atoms with E-state index < -0.39 is 0 Å². The lowest BCUT2D eigenvalue weighted by atomic mass is 9.97. The Bertz CT molecular complexity index is 803. The highest BCUT2D eigenvalue weighted by Crippen LogP contribution is 2.41. The summed E-state index contributed by atoms with van der Waals surface area (Å²) in [6, 6.07) is 12.0. The van der Waals surface area contributed by atoms with Gasteiger partial charge in [0.25, 0.3) is 0 Å². The van der Waals surface area contributed by atoms with Crippen molar-refractivity contribution in [2.24, 2.45) is 0 Å². The number of aryl methyl sites for hydroxylation is 1. The molecule has 2 aromatic rings. The number of hydrogen-bond acceptors (Lipinski definition) is 4. The molecule has 0 aliphatic heterocycles. The molecule has 0 spiro atoms. The molecule has 0 fully saturated rings. The largest absolute Gasteiger partial charge is 0.496 e. The number of para-hydroxylation sites is 1. The molecule has 3 rings (SSSR count). The van der Waals surface area contributed by atoms with Gasteiger partial charge in [0.2, 0.25) is 5.91 Å². The van der Waals surface area contributed by atoms with Gasteiger partial charge in [-0.2, -0.15) is 0 Å². The number of carbonyl (C=O) groups excluding carboxylic acids is 1. The van der Waals surface area contributed by atoms with Gasteiger partial charge in [0, 0.05) is 13.0 Å². The molecule has 1 unspecified atom stereocenters. The lowest BCUT2D eigenvalue weighted by Gasteiger charge is -2.15. The third-order valence-corrected chi connectivity index (χ3v) is 5.19. The van der Waals surface area contributed by atoms with Crippen LogP contribution >= 0.6 is 0 Å². The van der Waals surface area contributed by atoms with Crippen LogP contribution in [-0.4, -0.2) is 33.8 Å². The van der Waals surface area contributed by atoms with Gasteiger partial charge in [0.15, 0.2) is 11.5 Å². The van der Waals surface area contributed by atoms with Crippen molar-refractivity contribution < 1.29 is 19.0 Å². The monoisotopic (exact) mass is 369 g/mol. The Balaban J connectivity index is 1.57. The molecule has 5 heteroatoms. The second-order valence-electron chi connectivity index (χ2n) is 6.76. The maximum absolute atomic E-state index is 12.4. The molecule has 0 bridgehead atoms. The normalized spacial score (nSPS) is 15.1. The van der Waals surface area contributed by atoms with Crippen LogP contribution in [0.1, 0.15) is 35.4 Å². The molecule has 144 valence electrons. The average molecular weight is 369 g/mol. The van der Waals surface area contributed by atoms with Gasteiger partial charge in [0.05, 0.1) is 21.3 Å². The van der Waals surface area contributed by atoms with E-state index in [0.29, 0.717) is 13.0 Å². The highest BCUT2D eigenvalue weighted by Gasteiger charge is 2.26. The Kier molecular flexibility index (Phi) is 6.22. The zero-order chi connectivity index (χ0) is 19.2. The third kappa shape index (κ3) is 4.35. The van der Waals surface area contributed by atoms with Gasteiger partial charge in [-0.25, -0.2) is 0 Å². The number of hydrogen-bond donors (Lipinski definition) is 1. The van der Waals surface area contributed by atoms with Gasteiger partial charge in [-0.3, -0.25) is 4.79 Å². The Morgan fingerprint density at radius 3 is 2.48 bits per heavy atom. The van der Waals surface area contributed by atoms with E-state index in [1.165, 1.54) is 11.1 Å². The number of ether oxygens (including phenoxy) is 3. The van der Waals surface area contributed by atoms with E-state index in [1.807, 2.05) is 36.4 Å². The number of carbonyl (C=O) groups is 1. The standard InChI is InChI=1S/C22H27NO4/c1-25-19-7-5-4-6-15(19)10-11-23-22(24)13-17-9-8-16-12-20(26-2)21(27-3)14-18(16)17/h4-7,12,14,17H,8-11,13H2,1-3H3,(H,23,24). The maximum Gasteiger partial charge on any atom is 0.220 e. The van der Waals surface area contributed by atoms with E-state index in [2.05, 4.69) is 5.32 Å². The van der Waals surface area contributed by atoms with Crippen molar-refractivity contribution in [2.45, 2.75) is 31.6 Å². The first kappa shape index (κ1) is 19.1. The maximum atomic E-state index is 12.4. The molecule has 1 amide bonds. The van der Waals surface area contributed by atoms with Gasteiger partial charge in [0.1, 0.15) is 5.75 Å². The average Bonchev–Trinajstić information content (AvgIpc) is 3.08. The van der Waals surface area contributed by atoms with Crippen LogP contribution in [0.2, 0.25) is 0 Å². The molecule has 0 radical (unpaired) electrons.